The van der Waals surface area contributed by atoms with Gasteiger partial charge in [0.15, 0.2) is 0 Å². The van der Waals surface area contributed by atoms with Crippen LogP contribution in [0, 0.1) is 5.41 Å². The molecule has 0 saturated carbocycles. The summed E-state index contributed by atoms with van der Waals surface area (Å²) >= 11 is 11.9. The van der Waals surface area contributed by atoms with Crippen molar-refractivity contribution in [3.8, 4) is 0 Å². The third kappa shape index (κ3) is 5.69. The smallest absolute Gasteiger partial charge is 0.251 e. The van der Waals surface area contributed by atoms with Gasteiger partial charge in [0.25, 0.3) is 5.91 Å². The molecule has 2 amide bonds. The molecule has 3 rings (SSSR count). The fourth-order valence-corrected chi connectivity index (χ4v) is 3.12. The monoisotopic (exact) mass is 439 g/mol. The Morgan fingerprint density at radius 1 is 0.833 bits per heavy atom. The molecule has 0 heterocycles. The highest BCUT2D eigenvalue weighted by molar-refractivity contribution is 6.42. The first-order valence-electron chi connectivity index (χ1n) is 9.18. The van der Waals surface area contributed by atoms with Gasteiger partial charge in [0, 0.05) is 17.5 Å². The SMILES string of the molecule is N=C(NC(=O)C(Cc1ccccc1)NC(=O)c1ccc(Cl)c(Cl)c1)c1ccccc1. The van der Waals surface area contributed by atoms with E-state index < -0.39 is 17.9 Å². The molecule has 0 spiro atoms. The normalized spacial score (nSPS) is 11.4. The van der Waals surface area contributed by atoms with Gasteiger partial charge in [0.1, 0.15) is 11.9 Å². The fraction of sp³-hybridized carbons (Fsp3) is 0.0870. The summed E-state index contributed by atoms with van der Waals surface area (Å²) in [7, 11) is 0. The van der Waals surface area contributed by atoms with Gasteiger partial charge in [-0.3, -0.25) is 15.0 Å². The van der Waals surface area contributed by atoms with E-state index in [1.165, 1.54) is 18.2 Å². The van der Waals surface area contributed by atoms with Crippen molar-refractivity contribution >= 4 is 40.9 Å². The van der Waals surface area contributed by atoms with Crippen LogP contribution in [0.25, 0.3) is 0 Å². The Labute approximate surface area is 184 Å². The molecule has 0 aliphatic rings. The first-order valence-corrected chi connectivity index (χ1v) is 9.94. The number of rotatable bonds is 6. The Bertz CT molecular complexity index is 1060. The maximum absolute atomic E-state index is 12.9. The summed E-state index contributed by atoms with van der Waals surface area (Å²) in [5, 5.41) is 14.1. The number of hydrogen-bond donors (Lipinski definition) is 3. The average Bonchev–Trinajstić information content (AvgIpc) is 2.76. The van der Waals surface area contributed by atoms with Crippen molar-refractivity contribution in [1.82, 2.24) is 10.6 Å². The summed E-state index contributed by atoms with van der Waals surface area (Å²) in [6, 6.07) is 21.8. The van der Waals surface area contributed by atoms with Crippen LogP contribution >= 0.6 is 23.2 Å². The first kappa shape index (κ1) is 21.6. The van der Waals surface area contributed by atoms with Crippen molar-refractivity contribution in [2.24, 2.45) is 0 Å². The Hall–Kier alpha value is -3.15. The summed E-state index contributed by atoms with van der Waals surface area (Å²) in [5.41, 5.74) is 1.73. The number of halogens is 2. The summed E-state index contributed by atoms with van der Waals surface area (Å²) in [6.07, 6.45) is 0.266. The molecule has 3 N–H and O–H groups in total. The van der Waals surface area contributed by atoms with E-state index in [-0.39, 0.29) is 22.8 Å². The van der Waals surface area contributed by atoms with Crippen LogP contribution in [0.3, 0.4) is 0 Å². The lowest BCUT2D eigenvalue weighted by molar-refractivity contribution is -0.121. The van der Waals surface area contributed by atoms with Crippen LogP contribution in [0.1, 0.15) is 21.5 Å². The van der Waals surface area contributed by atoms with Crippen LogP contribution in [-0.2, 0) is 11.2 Å². The highest BCUT2D eigenvalue weighted by Gasteiger charge is 2.23. The van der Waals surface area contributed by atoms with Crippen molar-refractivity contribution < 1.29 is 9.59 Å². The molecule has 152 valence electrons. The molecule has 0 bridgehead atoms. The number of amidine groups is 1. The van der Waals surface area contributed by atoms with Crippen LogP contribution in [0.5, 0.6) is 0 Å². The Morgan fingerprint density at radius 2 is 1.47 bits per heavy atom. The first-order chi connectivity index (χ1) is 14.4. The number of hydrogen-bond acceptors (Lipinski definition) is 3. The molecule has 0 saturated heterocycles. The van der Waals surface area contributed by atoms with E-state index in [1.54, 1.807) is 24.3 Å². The Kier molecular flexibility index (Phi) is 7.22. The third-order valence-corrected chi connectivity index (χ3v) is 5.14. The Balaban J connectivity index is 1.78. The molecule has 3 aromatic rings. The minimum absolute atomic E-state index is 0.0394. The number of carbonyl (C=O) groups excluding carboxylic acids is 2. The van der Waals surface area contributed by atoms with E-state index in [4.69, 9.17) is 28.6 Å². The second-order valence-electron chi connectivity index (χ2n) is 6.57. The van der Waals surface area contributed by atoms with Crippen LogP contribution < -0.4 is 10.6 Å². The van der Waals surface area contributed by atoms with E-state index >= 15 is 0 Å². The molecular weight excluding hydrogens is 421 g/mol. The third-order valence-electron chi connectivity index (χ3n) is 4.40. The van der Waals surface area contributed by atoms with Gasteiger partial charge < -0.3 is 10.6 Å². The van der Waals surface area contributed by atoms with Crippen LogP contribution in [0.4, 0.5) is 0 Å². The number of benzene rings is 3. The van der Waals surface area contributed by atoms with Gasteiger partial charge in [-0.25, -0.2) is 0 Å². The van der Waals surface area contributed by atoms with Crippen LogP contribution in [0.15, 0.2) is 78.9 Å². The number of amides is 2. The second-order valence-corrected chi connectivity index (χ2v) is 7.39. The van der Waals surface area contributed by atoms with Crippen molar-refractivity contribution in [2.45, 2.75) is 12.5 Å². The minimum Gasteiger partial charge on any atom is -0.340 e. The maximum Gasteiger partial charge on any atom is 0.251 e. The average molecular weight is 440 g/mol. The predicted octanol–water partition coefficient (Wildman–Crippen LogP) is 4.48. The molecule has 0 aromatic heterocycles. The summed E-state index contributed by atoms with van der Waals surface area (Å²) in [6.45, 7) is 0. The zero-order chi connectivity index (χ0) is 21.5. The summed E-state index contributed by atoms with van der Waals surface area (Å²) in [4.78, 5) is 25.6. The Morgan fingerprint density at radius 3 is 2.10 bits per heavy atom. The van der Waals surface area contributed by atoms with Gasteiger partial charge in [0.05, 0.1) is 10.0 Å². The topological polar surface area (TPSA) is 82.1 Å². The van der Waals surface area contributed by atoms with Gasteiger partial charge in [-0.15, -0.1) is 0 Å². The van der Waals surface area contributed by atoms with Gasteiger partial charge in [-0.1, -0.05) is 83.9 Å². The van der Waals surface area contributed by atoms with E-state index in [0.29, 0.717) is 10.6 Å². The number of nitrogens with one attached hydrogen (secondary N) is 3. The molecule has 3 aromatic carbocycles. The molecule has 0 aliphatic carbocycles. The van der Waals surface area contributed by atoms with E-state index in [9.17, 15) is 9.59 Å². The van der Waals surface area contributed by atoms with Gasteiger partial charge >= 0.3 is 0 Å². The van der Waals surface area contributed by atoms with Crippen molar-refractivity contribution in [3.05, 3.63) is 106 Å². The van der Waals surface area contributed by atoms with E-state index in [1.807, 2.05) is 36.4 Å². The lowest BCUT2D eigenvalue weighted by Gasteiger charge is -2.19. The zero-order valence-electron chi connectivity index (χ0n) is 15.9. The van der Waals surface area contributed by atoms with Crippen molar-refractivity contribution in [3.63, 3.8) is 0 Å². The lowest BCUT2D eigenvalue weighted by atomic mass is 10.0. The highest BCUT2D eigenvalue weighted by atomic mass is 35.5. The molecule has 1 atom stereocenters. The molecule has 0 aliphatic heterocycles. The summed E-state index contributed by atoms with van der Waals surface area (Å²) in [5.74, 6) is -0.987. The lowest BCUT2D eigenvalue weighted by Crippen LogP contribution is -2.49. The largest absolute Gasteiger partial charge is 0.340 e. The molecule has 0 fully saturated rings. The summed E-state index contributed by atoms with van der Waals surface area (Å²) < 4.78 is 0. The van der Waals surface area contributed by atoms with Crippen molar-refractivity contribution in [1.29, 1.82) is 5.41 Å². The molecular formula is C23H19Cl2N3O2. The van der Waals surface area contributed by atoms with Gasteiger partial charge in [-0.05, 0) is 23.8 Å². The van der Waals surface area contributed by atoms with Gasteiger partial charge in [0.2, 0.25) is 5.91 Å². The molecule has 30 heavy (non-hydrogen) atoms. The van der Waals surface area contributed by atoms with Crippen molar-refractivity contribution in [2.75, 3.05) is 0 Å². The zero-order valence-corrected chi connectivity index (χ0v) is 17.4. The number of carbonyl (C=O) groups is 2. The molecule has 7 heteroatoms. The molecule has 0 radical (unpaired) electrons. The second kappa shape index (κ2) is 10.1. The van der Waals surface area contributed by atoms with Crippen LogP contribution in [-0.4, -0.2) is 23.7 Å². The van der Waals surface area contributed by atoms with Crippen LogP contribution in [0.2, 0.25) is 10.0 Å². The maximum atomic E-state index is 12.9. The molecule has 5 nitrogen and oxygen atoms in total. The predicted molar refractivity (Wildman–Crippen MR) is 119 cm³/mol. The van der Waals surface area contributed by atoms with Gasteiger partial charge in [-0.2, -0.15) is 0 Å². The van der Waals surface area contributed by atoms with E-state index in [2.05, 4.69) is 10.6 Å². The highest BCUT2D eigenvalue weighted by Crippen LogP contribution is 2.22. The molecule has 1 unspecified atom stereocenters. The quantitative estimate of drug-likeness (QED) is 0.390. The standard InChI is InChI=1S/C23H19Cl2N3O2/c24-18-12-11-17(14-19(18)25)22(29)27-20(13-15-7-3-1-4-8-15)23(30)28-21(26)16-9-5-2-6-10-16/h1-12,14,20H,13H2,(H,27,29)(H2,26,28,30). The van der Waals surface area contributed by atoms with E-state index in [0.717, 1.165) is 5.56 Å². The fourth-order valence-electron chi connectivity index (χ4n) is 2.83. The minimum atomic E-state index is -0.890.